The molecule has 3 aliphatic rings. The van der Waals surface area contributed by atoms with E-state index in [1.807, 2.05) is 0 Å². The van der Waals surface area contributed by atoms with Crippen LogP contribution < -0.4 is 4.90 Å². The van der Waals surface area contributed by atoms with E-state index in [9.17, 15) is 32.3 Å². The number of hydrogen-bond donors (Lipinski definition) is 0. The van der Waals surface area contributed by atoms with E-state index in [1.54, 1.807) is 0 Å². The van der Waals surface area contributed by atoms with Crippen LogP contribution in [0, 0.1) is 11.8 Å². The van der Waals surface area contributed by atoms with Crippen LogP contribution in [-0.4, -0.2) is 41.7 Å². The van der Waals surface area contributed by atoms with Gasteiger partial charge in [-0.25, -0.2) is 4.90 Å². The van der Waals surface area contributed by atoms with E-state index in [2.05, 4.69) is 0 Å². The highest BCUT2D eigenvalue weighted by atomic mass is 35.5. The van der Waals surface area contributed by atoms with Crippen molar-refractivity contribution in [2.45, 2.75) is 38.0 Å². The number of anilines is 1. The van der Waals surface area contributed by atoms with Crippen molar-refractivity contribution in [3.8, 4) is 0 Å². The van der Waals surface area contributed by atoms with Gasteiger partial charge in [-0.1, -0.05) is 17.7 Å². The number of benzene rings is 1. The van der Waals surface area contributed by atoms with E-state index < -0.39 is 70.3 Å². The van der Waals surface area contributed by atoms with Gasteiger partial charge in [0.05, 0.1) is 34.2 Å². The van der Waals surface area contributed by atoms with Crippen LogP contribution >= 0.6 is 11.6 Å². The van der Waals surface area contributed by atoms with Gasteiger partial charge in [-0.15, -0.1) is 0 Å². The Hall–Kier alpha value is -2.92. The van der Waals surface area contributed by atoms with Crippen molar-refractivity contribution < 1.29 is 46.6 Å². The van der Waals surface area contributed by atoms with Gasteiger partial charge in [-0.2, -0.15) is 13.2 Å². The monoisotopic (exact) mass is 473 g/mol. The molecule has 8 nitrogen and oxygen atoms in total. The molecule has 2 bridgehead atoms. The number of amides is 2. The van der Waals surface area contributed by atoms with Crippen LogP contribution in [0.2, 0.25) is 5.02 Å². The number of alkyl halides is 3. The maximum absolute atomic E-state index is 13.3. The molecule has 0 spiro atoms. The number of imide groups is 1. The maximum Gasteiger partial charge on any atom is 0.417 e. The molecule has 0 N–H and O–H groups in total. The van der Waals surface area contributed by atoms with Gasteiger partial charge in [0, 0.05) is 13.8 Å². The van der Waals surface area contributed by atoms with Crippen molar-refractivity contribution in [2.24, 2.45) is 11.8 Å². The maximum atomic E-state index is 13.3. The molecule has 1 aromatic rings. The number of rotatable bonds is 4. The molecule has 4 atom stereocenters. The summed E-state index contributed by atoms with van der Waals surface area (Å²) in [5.74, 6) is -5.75. The van der Waals surface area contributed by atoms with Gasteiger partial charge in [0.1, 0.15) is 0 Å². The fourth-order valence-corrected chi connectivity index (χ4v) is 4.57. The Bertz CT molecular complexity index is 1060. The topological polar surface area (TPSA) is 99.2 Å². The van der Waals surface area contributed by atoms with E-state index in [1.165, 1.54) is 12.2 Å². The zero-order chi connectivity index (χ0) is 23.6. The molecule has 2 saturated heterocycles. The molecule has 32 heavy (non-hydrogen) atoms. The number of hydrogen-bond acceptors (Lipinski definition) is 7. The highest BCUT2D eigenvalue weighted by molar-refractivity contribution is 6.31. The van der Waals surface area contributed by atoms with E-state index >= 15 is 0 Å². The molecule has 1 aromatic carbocycles. The van der Waals surface area contributed by atoms with Crippen molar-refractivity contribution in [1.29, 1.82) is 0 Å². The van der Waals surface area contributed by atoms with Crippen LogP contribution in [0.15, 0.2) is 30.4 Å². The summed E-state index contributed by atoms with van der Waals surface area (Å²) >= 11 is 5.64. The summed E-state index contributed by atoms with van der Waals surface area (Å²) in [5, 5.41) is -0.591. The largest absolute Gasteiger partial charge is 0.422 e. The van der Waals surface area contributed by atoms with Gasteiger partial charge >= 0.3 is 18.1 Å². The Morgan fingerprint density at radius 2 is 1.78 bits per heavy atom. The predicted molar refractivity (Wildman–Crippen MR) is 100.0 cm³/mol. The molecule has 0 unspecified atom stereocenters. The molecule has 0 aromatic heterocycles. The van der Waals surface area contributed by atoms with Gasteiger partial charge in [-0.05, 0) is 24.3 Å². The SMILES string of the molecule is CC(=O)OC(OC(C)=O)[C@]12C=C[C@@H](O1)[C@H]1C(=O)N(c3ccc(Cl)c(C(F)(F)F)c3)C(=O)[C@@H]12. The standard InChI is InChI=1S/C20H15ClF3NO7/c1-8(26)30-18(31-9(2)27)19-6-5-13(32-19)14-15(19)17(29)25(16(14)28)10-3-4-12(21)11(7-10)20(22,23)24/h3-7,13-15,18H,1-2H3/t13-,14-,15-,19-/m1/s1. The van der Waals surface area contributed by atoms with E-state index in [0.29, 0.717) is 11.0 Å². The Labute approximate surface area is 183 Å². The lowest BCUT2D eigenvalue weighted by Gasteiger charge is -2.34. The molecular formula is C20H15ClF3NO7. The van der Waals surface area contributed by atoms with Crippen LogP contribution in [0.4, 0.5) is 18.9 Å². The summed E-state index contributed by atoms with van der Waals surface area (Å²) in [6, 6.07) is 2.67. The summed E-state index contributed by atoms with van der Waals surface area (Å²) < 4.78 is 55.8. The molecule has 0 aliphatic carbocycles. The van der Waals surface area contributed by atoms with Gasteiger partial charge in [-0.3, -0.25) is 19.2 Å². The number of nitrogens with zero attached hydrogens (tertiary/aromatic N) is 1. The van der Waals surface area contributed by atoms with Crippen LogP contribution in [0.3, 0.4) is 0 Å². The second kappa shape index (κ2) is 7.31. The average Bonchev–Trinajstić information content (AvgIpc) is 3.32. The van der Waals surface area contributed by atoms with Crippen LogP contribution in [-0.2, 0) is 39.6 Å². The molecule has 2 amide bonds. The Kier molecular flexibility index (Phi) is 5.09. The minimum Gasteiger partial charge on any atom is -0.422 e. The summed E-state index contributed by atoms with van der Waals surface area (Å²) in [4.78, 5) is 50.2. The first-order valence-electron chi connectivity index (χ1n) is 9.33. The van der Waals surface area contributed by atoms with Gasteiger partial charge < -0.3 is 14.2 Å². The molecule has 3 aliphatic heterocycles. The average molecular weight is 474 g/mol. The minimum atomic E-state index is -4.81. The van der Waals surface area contributed by atoms with Gasteiger partial charge in [0.15, 0.2) is 5.60 Å². The van der Waals surface area contributed by atoms with Gasteiger partial charge in [0.25, 0.3) is 6.29 Å². The normalized spacial score (nSPS) is 28.5. The quantitative estimate of drug-likeness (QED) is 0.287. The number of ether oxygens (including phenoxy) is 3. The second-order valence-corrected chi connectivity index (χ2v) is 7.93. The Balaban J connectivity index is 1.76. The van der Waals surface area contributed by atoms with Crippen LogP contribution in [0.1, 0.15) is 19.4 Å². The van der Waals surface area contributed by atoms with Crippen LogP contribution in [0.25, 0.3) is 0 Å². The molecule has 170 valence electrons. The lowest BCUT2D eigenvalue weighted by molar-refractivity contribution is -0.226. The highest BCUT2D eigenvalue weighted by Crippen LogP contribution is 2.55. The van der Waals surface area contributed by atoms with Crippen molar-refractivity contribution in [3.05, 3.63) is 40.9 Å². The number of carbonyl (C=O) groups is 4. The summed E-state index contributed by atoms with van der Waals surface area (Å²) in [6.45, 7) is 2.10. The summed E-state index contributed by atoms with van der Waals surface area (Å²) in [5.41, 5.74) is -3.33. The van der Waals surface area contributed by atoms with Crippen molar-refractivity contribution in [2.75, 3.05) is 4.90 Å². The van der Waals surface area contributed by atoms with Crippen LogP contribution in [0.5, 0.6) is 0 Å². The third-order valence-electron chi connectivity index (χ3n) is 5.51. The first kappa shape index (κ1) is 22.3. The number of fused-ring (bicyclic) bond motifs is 5. The Morgan fingerprint density at radius 3 is 2.34 bits per heavy atom. The summed E-state index contributed by atoms with van der Waals surface area (Å²) in [7, 11) is 0. The van der Waals surface area contributed by atoms with Crippen molar-refractivity contribution in [1.82, 2.24) is 0 Å². The van der Waals surface area contributed by atoms with Crippen molar-refractivity contribution >= 4 is 41.0 Å². The predicted octanol–water partition coefficient (Wildman–Crippen LogP) is 2.62. The third-order valence-corrected chi connectivity index (χ3v) is 5.84. The molecular weight excluding hydrogens is 459 g/mol. The fraction of sp³-hybridized carbons (Fsp3) is 0.400. The molecule has 0 radical (unpaired) electrons. The van der Waals surface area contributed by atoms with Gasteiger partial charge in [0.2, 0.25) is 11.8 Å². The summed E-state index contributed by atoms with van der Waals surface area (Å²) in [6.07, 6.45) is -4.59. The molecule has 4 rings (SSSR count). The minimum absolute atomic E-state index is 0.322. The zero-order valence-corrected chi connectivity index (χ0v) is 17.3. The van der Waals surface area contributed by atoms with Crippen molar-refractivity contribution in [3.63, 3.8) is 0 Å². The van der Waals surface area contributed by atoms with E-state index in [-0.39, 0.29) is 5.69 Å². The number of halogens is 4. The number of esters is 2. The number of carbonyl (C=O) groups excluding carboxylic acids is 4. The molecule has 3 heterocycles. The Morgan fingerprint density at radius 1 is 1.16 bits per heavy atom. The lowest BCUT2D eigenvalue weighted by Crippen LogP contribution is -2.52. The second-order valence-electron chi connectivity index (χ2n) is 7.52. The lowest BCUT2D eigenvalue weighted by atomic mass is 9.76. The fourth-order valence-electron chi connectivity index (χ4n) is 4.34. The molecule has 2 fully saturated rings. The third kappa shape index (κ3) is 3.27. The highest BCUT2D eigenvalue weighted by Gasteiger charge is 2.72. The smallest absolute Gasteiger partial charge is 0.417 e. The zero-order valence-electron chi connectivity index (χ0n) is 16.5. The molecule has 0 saturated carbocycles. The van der Waals surface area contributed by atoms with E-state index in [4.69, 9.17) is 25.8 Å². The first-order valence-corrected chi connectivity index (χ1v) is 9.71. The first-order chi connectivity index (χ1) is 14.9. The van der Waals surface area contributed by atoms with E-state index in [0.717, 1.165) is 26.0 Å². The molecule has 12 heteroatoms.